The molecule has 0 fully saturated rings. The van der Waals surface area contributed by atoms with Gasteiger partial charge in [0.15, 0.2) is 0 Å². The Morgan fingerprint density at radius 2 is 1.09 bits per heavy atom. The lowest BCUT2D eigenvalue weighted by molar-refractivity contribution is 0.586. The summed E-state index contributed by atoms with van der Waals surface area (Å²) >= 11 is 0. The summed E-state index contributed by atoms with van der Waals surface area (Å²) in [7, 11) is 0. The molecular weight excluding hydrogens is 398 g/mol. The molecule has 1 heterocycles. The number of benzene rings is 3. The van der Waals surface area contributed by atoms with Crippen molar-refractivity contribution in [2.45, 2.75) is 105 Å². The summed E-state index contributed by atoms with van der Waals surface area (Å²) in [5.41, 5.74) is 10.5. The molecule has 1 aliphatic rings. The maximum absolute atomic E-state index is 2.67. The average Bonchev–Trinajstić information content (AvgIpc) is 2.71. The van der Waals surface area contributed by atoms with Gasteiger partial charge in [0.25, 0.3) is 0 Å². The molecule has 176 valence electrons. The molecular formula is C32H43N. The van der Waals surface area contributed by atoms with E-state index in [2.05, 4.69) is 117 Å². The van der Waals surface area contributed by atoms with Gasteiger partial charge in [0, 0.05) is 18.8 Å². The lowest BCUT2D eigenvalue weighted by atomic mass is 9.79. The third-order valence-corrected chi connectivity index (χ3v) is 7.33. The maximum atomic E-state index is 2.67. The topological polar surface area (TPSA) is 3.24 Å². The molecule has 0 unspecified atom stereocenters. The molecule has 4 rings (SSSR count). The van der Waals surface area contributed by atoms with Crippen LogP contribution in [0.5, 0.6) is 0 Å². The van der Waals surface area contributed by atoms with Crippen LogP contribution in [0.4, 0.5) is 5.69 Å². The molecule has 0 atom stereocenters. The Kier molecular flexibility index (Phi) is 5.92. The molecule has 0 amide bonds. The first-order valence-corrected chi connectivity index (χ1v) is 12.8. The lowest BCUT2D eigenvalue weighted by Crippen LogP contribution is -2.29. The molecule has 0 N–H and O–H groups in total. The van der Waals surface area contributed by atoms with Gasteiger partial charge >= 0.3 is 0 Å². The van der Waals surface area contributed by atoms with E-state index >= 15 is 0 Å². The fourth-order valence-corrected chi connectivity index (χ4v) is 5.32. The van der Waals surface area contributed by atoms with Crippen LogP contribution in [0, 0.1) is 0 Å². The van der Waals surface area contributed by atoms with Gasteiger partial charge in [-0.15, -0.1) is 0 Å². The van der Waals surface area contributed by atoms with E-state index < -0.39 is 0 Å². The van der Waals surface area contributed by atoms with Gasteiger partial charge in [-0.2, -0.15) is 0 Å². The Hall–Kier alpha value is -2.28. The molecule has 0 saturated carbocycles. The Morgan fingerprint density at radius 3 is 1.45 bits per heavy atom. The molecule has 0 aromatic heterocycles. The second kappa shape index (κ2) is 8.19. The van der Waals surface area contributed by atoms with Crippen LogP contribution >= 0.6 is 0 Å². The number of hydrogen-bond acceptors (Lipinski definition) is 1. The number of hydrogen-bond donors (Lipinski definition) is 0. The number of anilines is 1. The molecule has 0 aliphatic carbocycles. The van der Waals surface area contributed by atoms with Crippen molar-refractivity contribution in [3.8, 4) is 0 Å². The van der Waals surface area contributed by atoms with Crippen molar-refractivity contribution in [1.82, 2.24) is 0 Å². The number of rotatable bonds is 3. The molecule has 0 bridgehead atoms. The molecule has 0 saturated heterocycles. The first-order valence-electron chi connectivity index (χ1n) is 12.8. The fraction of sp³-hybridized carbons (Fsp3) is 0.500. The van der Waals surface area contributed by atoms with Gasteiger partial charge in [-0.05, 0) is 66.8 Å². The largest absolute Gasteiger partial charge is 0.362 e. The van der Waals surface area contributed by atoms with Crippen molar-refractivity contribution in [3.05, 3.63) is 75.8 Å². The summed E-state index contributed by atoms with van der Waals surface area (Å²) < 4.78 is 0. The summed E-state index contributed by atoms with van der Waals surface area (Å²) in [6.07, 6.45) is 0. The van der Waals surface area contributed by atoms with Crippen molar-refractivity contribution < 1.29 is 0 Å². The molecule has 3 aromatic carbocycles. The van der Waals surface area contributed by atoms with Gasteiger partial charge < -0.3 is 4.90 Å². The molecule has 1 aliphatic heterocycles. The molecule has 33 heavy (non-hydrogen) atoms. The normalized spacial score (nSPS) is 14.6. The quantitative estimate of drug-likeness (QED) is 0.391. The number of nitrogens with zero attached hydrogens (tertiary/aromatic N) is 1. The van der Waals surface area contributed by atoms with Crippen LogP contribution in [0.1, 0.15) is 114 Å². The Morgan fingerprint density at radius 1 is 0.667 bits per heavy atom. The van der Waals surface area contributed by atoms with E-state index in [4.69, 9.17) is 0 Å². The summed E-state index contributed by atoms with van der Waals surface area (Å²) in [6, 6.07) is 16.8. The predicted molar refractivity (Wildman–Crippen MR) is 146 cm³/mol. The highest BCUT2D eigenvalue weighted by Gasteiger charge is 2.28. The van der Waals surface area contributed by atoms with E-state index in [0.717, 1.165) is 13.1 Å². The zero-order valence-electron chi connectivity index (χ0n) is 22.6. The van der Waals surface area contributed by atoms with Crippen LogP contribution in [0.2, 0.25) is 0 Å². The van der Waals surface area contributed by atoms with Crippen molar-refractivity contribution in [2.75, 3.05) is 4.90 Å². The van der Waals surface area contributed by atoms with Gasteiger partial charge in [0.05, 0.1) is 0 Å². The van der Waals surface area contributed by atoms with Crippen molar-refractivity contribution in [3.63, 3.8) is 0 Å². The van der Waals surface area contributed by atoms with Crippen LogP contribution < -0.4 is 4.90 Å². The van der Waals surface area contributed by atoms with E-state index in [0.29, 0.717) is 11.8 Å². The Balaban J connectivity index is 1.98. The van der Waals surface area contributed by atoms with Gasteiger partial charge in [-0.1, -0.05) is 112 Å². The van der Waals surface area contributed by atoms with E-state index in [1.165, 1.54) is 49.8 Å². The van der Waals surface area contributed by atoms with E-state index in [9.17, 15) is 0 Å². The van der Waals surface area contributed by atoms with Crippen LogP contribution in [-0.2, 0) is 23.9 Å². The van der Waals surface area contributed by atoms with Crippen LogP contribution in [0.25, 0.3) is 10.8 Å². The molecule has 0 radical (unpaired) electrons. The summed E-state index contributed by atoms with van der Waals surface area (Å²) in [5, 5.41) is 2.90. The second-order valence-corrected chi connectivity index (χ2v) is 12.8. The zero-order valence-corrected chi connectivity index (χ0v) is 22.6. The Labute approximate surface area is 202 Å². The predicted octanol–water partition coefficient (Wildman–Crippen LogP) is 9.20. The second-order valence-electron chi connectivity index (χ2n) is 12.8. The number of para-hydroxylation sites is 1. The lowest BCUT2D eigenvalue weighted by Gasteiger charge is -2.37. The fourth-order valence-electron chi connectivity index (χ4n) is 5.32. The minimum Gasteiger partial charge on any atom is -0.362 e. The van der Waals surface area contributed by atoms with E-state index in [-0.39, 0.29) is 10.8 Å². The standard InChI is InChI=1S/C32H43N/c1-20(2)27-12-11-13-28(21(3)4)30(27)33-18-23-16-25(31(5,6)7)14-22-15-26(32(8,9)10)17-24(19-33)29(22)23/h11-17,20-21H,18-19H2,1-10H3. The first kappa shape index (κ1) is 23.9. The monoisotopic (exact) mass is 441 g/mol. The molecule has 3 aromatic rings. The zero-order chi connectivity index (χ0) is 24.3. The third kappa shape index (κ3) is 4.44. The smallest absolute Gasteiger partial charge is 0.0442 e. The Bertz CT molecular complexity index is 1100. The van der Waals surface area contributed by atoms with Crippen LogP contribution in [-0.4, -0.2) is 0 Å². The van der Waals surface area contributed by atoms with Crippen LogP contribution in [0.3, 0.4) is 0 Å². The van der Waals surface area contributed by atoms with Crippen molar-refractivity contribution in [1.29, 1.82) is 0 Å². The SMILES string of the molecule is CC(C)c1cccc(C(C)C)c1N1Cc2cc(C(C)(C)C)cc3cc(C(C)(C)C)cc(c23)C1. The molecule has 0 spiro atoms. The minimum atomic E-state index is 0.129. The maximum Gasteiger partial charge on any atom is 0.0442 e. The first-order chi connectivity index (χ1) is 15.3. The summed E-state index contributed by atoms with van der Waals surface area (Å²) in [5.74, 6) is 1.00. The van der Waals surface area contributed by atoms with Gasteiger partial charge in [0.1, 0.15) is 0 Å². The van der Waals surface area contributed by atoms with Gasteiger partial charge in [-0.25, -0.2) is 0 Å². The molecule has 1 heteroatoms. The minimum absolute atomic E-state index is 0.129. The van der Waals surface area contributed by atoms with Crippen LogP contribution in [0.15, 0.2) is 42.5 Å². The van der Waals surface area contributed by atoms with Crippen molar-refractivity contribution >= 4 is 16.5 Å². The average molecular weight is 442 g/mol. The van der Waals surface area contributed by atoms with E-state index in [1.54, 1.807) is 0 Å². The highest BCUT2D eigenvalue weighted by atomic mass is 15.1. The highest BCUT2D eigenvalue weighted by Crippen LogP contribution is 2.42. The van der Waals surface area contributed by atoms with Crippen molar-refractivity contribution in [2.24, 2.45) is 0 Å². The summed E-state index contributed by atoms with van der Waals surface area (Å²) in [4.78, 5) is 2.67. The highest BCUT2D eigenvalue weighted by molar-refractivity contribution is 5.92. The molecule has 1 nitrogen and oxygen atoms in total. The van der Waals surface area contributed by atoms with Gasteiger partial charge in [-0.3, -0.25) is 0 Å². The van der Waals surface area contributed by atoms with Gasteiger partial charge in [0.2, 0.25) is 0 Å². The summed E-state index contributed by atoms with van der Waals surface area (Å²) in [6.45, 7) is 25.3. The third-order valence-electron chi connectivity index (χ3n) is 7.33. The van der Waals surface area contributed by atoms with E-state index in [1.807, 2.05) is 0 Å².